The van der Waals surface area contributed by atoms with Crippen molar-refractivity contribution < 1.29 is 28.2 Å². The van der Waals surface area contributed by atoms with Crippen LogP contribution in [0.25, 0.3) is 0 Å². The van der Waals surface area contributed by atoms with Crippen LogP contribution in [0.4, 0.5) is 0 Å². The number of esters is 1. The van der Waals surface area contributed by atoms with Crippen molar-refractivity contribution in [1.29, 1.82) is 0 Å². The van der Waals surface area contributed by atoms with E-state index in [2.05, 4.69) is 75.4 Å². The van der Waals surface area contributed by atoms with Gasteiger partial charge in [0.15, 0.2) is 6.29 Å². The predicted molar refractivity (Wildman–Crippen MR) is 158 cm³/mol. The van der Waals surface area contributed by atoms with Crippen LogP contribution in [0.2, 0.25) is 5.04 Å². The van der Waals surface area contributed by atoms with Gasteiger partial charge >= 0.3 is 5.97 Å². The Kier molecular flexibility index (Phi) is 11.3. The maximum atomic E-state index is 12.0. The molecule has 0 bridgehead atoms. The number of rotatable bonds is 11. The molecule has 7 heteroatoms. The summed E-state index contributed by atoms with van der Waals surface area (Å²) in [5, 5.41) is 2.15. The summed E-state index contributed by atoms with van der Waals surface area (Å²) >= 11 is 0. The zero-order chi connectivity index (χ0) is 28.5. The highest BCUT2D eigenvalue weighted by molar-refractivity contribution is 6.99. The Balaban J connectivity index is 2.17. The van der Waals surface area contributed by atoms with Crippen molar-refractivity contribution >= 4 is 24.7 Å². The molecule has 0 radical (unpaired) electrons. The molecule has 1 saturated heterocycles. The van der Waals surface area contributed by atoms with Crippen LogP contribution in [-0.4, -0.2) is 59.7 Å². The Morgan fingerprint density at radius 2 is 1.56 bits per heavy atom. The van der Waals surface area contributed by atoms with E-state index in [4.69, 9.17) is 23.4 Å². The Hall–Kier alpha value is -2.55. The highest BCUT2D eigenvalue weighted by Crippen LogP contribution is 2.39. The molecule has 4 atom stereocenters. The Bertz CT molecular complexity index is 1040. The third kappa shape index (κ3) is 7.77. The van der Waals surface area contributed by atoms with Crippen LogP contribution in [0.3, 0.4) is 0 Å². The van der Waals surface area contributed by atoms with E-state index in [0.29, 0.717) is 19.4 Å². The molecule has 3 rings (SSSR count). The Morgan fingerprint density at radius 1 is 0.974 bits per heavy atom. The second-order valence-electron chi connectivity index (χ2n) is 10.9. The van der Waals surface area contributed by atoms with Crippen molar-refractivity contribution in [2.75, 3.05) is 20.8 Å². The van der Waals surface area contributed by atoms with E-state index in [0.717, 1.165) is 5.57 Å². The lowest BCUT2D eigenvalue weighted by molar-refractivity contribution is -0.220. The van der Waals surface area contributed by atoms with Crippen molar-refractivity contribution in [2.45, 2.75) is 77.1 Å². The fourth-order valence-electron chi connectivity index (χ4n) is 5.25. The van der Waals surface area contributed by atoms with Crippen molar-refractivity contribution in [3.05, 3.63) is 84.5 Å². The van der Waals surface area contributed by atoms with Gasteiger partial charge in [0.2, 0.25) is 0 Å². The van der Waals surface area contributed by atoms with Gasteiger partial charge in [-0.1, -0.05) is 99.2 Å². The predicted octanol–water partition coefficient (Wildman–Crippen LogP) is 5.16. The molecule has 0 amide bonds. The SMILES string of the molecule is CCOC(=O)/C=C/C(C)=C/[C@@H](O[Si](c1ccccc1)(c1ccccc1)C(C)(C)C)[C@H]1C[C@@H](OC)C[C@H](OC)O1. The maximum absolute atomic E-state index is 12.0. The minimum absolute atomic E-state index is 0.0252. The molecule has 1 aliphatic rings. The molecule has 0 unspecified atom stereocenters. The van der Waals surface area contributed by atoms with Crippen LogP contribution in [0.15, 0.2) is 84.5 Å². The van der Waals surface area contributed by atoms with Crippen LogP contribution in [0.5, 0.6) is 0 Å². The Morgan fingerprint density at radius 3 is 2.05 bits per heavy atom. The van der Waals surface area contributed by atoms with Gasteiger partial charge in [-0.15, -0.1) is 0 Å². The third-order valence-electron chi connectivity index (χ3n) is 7.17. The molecule has 212 valence electrons. The summed E-state index contributed by atoms with van der Waals surface area (Å²) in [5.41, 5.74) is 0.878. The zero-order valence-corrected chi connectivity index (χ0v) is 25.4. The van der Waals surface area contributed by atoms with Gasteiger partial charge in [-0.05, 0) is 29.3 Å². The quantitative estimate of drug-likeness (QED) is 0.166. The van der Waals surface area contributed by atoms with Crippen molar-refractivity contribution in [3.63, 3.8) is 0 Å². The second kappa shape index (κ2) is 14.2. The first-order valence-corrected chi connectivity index (χ1v) is 15.6. The smallest absolute Gasteiger partial charge is 0.330 e. The monoisotopic (exact) mass is 552 g/mol. The summed E-state index contributed by atoms with van der Waals surface area (Å²) in [7, 11) is 0.470. The normalized spacial score (nSPS) is 21.6. The standard InChI is InChI=1S/C32H44O6Si/c1-8-36-30(33)20-19-24(2)21-29(28-22-25(34-6)23-31(35-7)37-28)38-39(32(3,4)5,26-15-11-9-12-16-26)27-17-13-10-14-18-27/h9-21,25,28-29,31H,8,22-23H2,1-7H3/b20-19+,24-21+/t25-,28-,29-,31-/m1/s1. The van der Waals surface area contributed by atoms with Gasteiger partial charge in [0.25, 0.3) is 8.32 Å². The molecule has 0 spiro atoms. The molecule has 1 fully saturated rings. The van der Waals surface area contributed by atoms with Gasteiger partial charge in [-0.25, -0.2) is 4.79 Å². The largest absolute Gasteiger partial charge is 0.463 e. The van der Waals surface area contributed by atoms with Crippen LogP contribution in [0.1, 0.15) is 47.5 Å². The van der Waals surface area contributed by atoms with Gasteiger partial charge in [-0.3, -0.25) is 0 Å². The van der Waals surface area contributed by atoms with Crippen molar-refractivity contribution in [1.82, 2.24) is 0 Å². The minimum Gasteiger partial charge on any atom is -0.463 e. The topological polar surface area (TPSA) is 63.2 Å². The van der Waals surface area contributed by atoms with Crippen molar-refractivity contribution in [2.24, 2.45) is 0 Å². The van der Waals surface area contributed by atoms with E-state index in [1.165, 1.54) is 16.4 Å². The fourth-order valence-corrected chi connectivity index (χ4v) is 9.89. The molecule has 6 nitrogen and oxygen atoms in total. The molecule has 0 aliphatic carbocycles. The highest BCUT2D eigenvalue weighted by atomic mass is 28.4. The van der Waals surface area contributed by atoms with Gasteiger partial charge in [-0.2, -0.15) is 0 Å². The van der Waals surface area contributed by atoms with E-state index in [-0.39, 0.29) is 23.2 Å². The highest BCUT2D eigenvalue weighted by Gasteiger charge is 2.52. The number of carbonyl (C=O) groups is 1. The minimum atomic E-state index is -2.91. The average molecular weight is 553 g/mol. The number of carbonyl (C=O) groups excluding carboxylic acids is 1. The molecular weight excluding hydrogens is 508 g/mol. The van der Waals surface area contributed by atoms with Gasteiger partial charge in [0.05, 0.1) is 24.9 Å². The number of allylic oxidation sites excluding steroid dienone is 2. The lowest BCUT2D eigenvalue weighted by Crippen LogP contribution is -2.68. The number of ether oxygens (including phenoxy) is 4. The molecule has 1 heterocycles. The summed E-state index contributed by atoms with van der Waals surface area (Å²) < 4.78 is 30.5. The zero-order valence-electron chi connectivity index (χ0n) is 24.4. The molecule has 2 aromatic carbocycles. The maximum Gasteiger partial charge on any atom is 0.330 e. The summed E-state index contributed by atoms with van der Waals surface area (Å²) in [5.74, 6) is -0.373. The van der Waals surface area contributed by atoms with E-state index >= 15 is 0 Å². The molecule has 2 aromatic rings. The number of benzene rings is 2. The summed E-state index contributed by atoms with van der Waals surface area (Å²) in [6, 6.07) is 21.1. The first kappa shape index (κ1) is 31.0. The first-order chi connectivity index (χ1) is 18.6. The molecule has 39 heavy (non-hydrogen) atoms. The third-order valence-corrected chi connectivity index (χ3v) is 12.2. The van der Waals surface area contributed by atoms with E-state index < -0.39 is 20.7 Å². The average Bonchev–Trinajstić information content (AvgIpc) is 2.94. The molecule has 1 aliphatic heterocycles. The van der Waals surface area contributed by atoms with Crippen molar-refractivity contribution in [3.8, 4) is 0 Å². The molecule has 0 aromatic heterocycles. The lowest BCUT2D eigenvalue weighted by Gasteiger charge is -2.47. The van der Waals surface area contributed by atoms with E-state index in [1.807, 2.05) is 19.1 Å². The second-order valence-corrected chi connectivity index (χ2v) is 15.2. The van der Waals surface area contributed by atoms with Gasteiger partial charge < -0.3 is 23.4 Å². The first-order valence-electron chi connectivity index (χ1n) is 13.7. The number of methoxy groups -OCH3 is 2. The van der Waals surface area contributed by atoms with Crippen LogP contribution >= 0.6 is 0 Å². The number of hydrogen-bond donors (Lipinski definition) is 0. The van der Waals surface area contributed by atoms with E-state index in [1.54, 1.807) is 27.2 Å². The molecular formula is C32H44O6Si. The molecule has 0 saturated carbocycles. The van der Waals surface area contributed by atoms with E-state index in [9.17, 15) is 4.79 Å². The molecule has 0 N–H and O–H groups in total. The number of hydrogen-bond acceptors (Lipinski definition) is 6. The lowest BCUT2D eigenvalue weighted by atomic mass is 9.99. The van der Waals surface area contributed by atoms with Crippen LogP contribution < -0.4 is 10.4 Å². The van der Waals surface area contributed by atoms with Crippen LogP contribution in [0, 0.1) is 0 Å². The summed E-state index contributed by atoms with van der Waals surface area (Å²) in [6.45, 7) is 10.8. The van der Waals surface area contributed by atoms with Gasteiger partial charge in [0, 0.05) is 33.1 Å². The van der Waals surface area contributed by atoms with Crippen LogP contribution in [-0.2, 0) is 28.2 Å². The summed E-state index contributed by atoms with van der Waals surface area (Å²) in [4.78, 5) is 12.0. The fraction of sp³-hybridized carbons (Fsp3) is 0.469. The summed E-state index contributed by atoms with van der Waals surface area (Å²) in [6.07, 6.45) is 5.41. The Labute approximate surface area is 235 Å². The van der Waals surface area contributed by atoms with Gasteiger partial charge in [0.1, 0.15) is 0 Å².